The van der Waals surface area contributed by atoms with Crippen molar-refractivity contribution in [1.82, 2.24) is 5.32 Å². The molecule has 0 spiro atoms. The smallest absolute Gasteiger partial charge is 0.247 e. The Morgan fingerprint density at radius 1 is 1.25 bits per heavy atom. The number of benzene rings is 1. The van der Waals surface area contributed by atoms with Gasteiger partial charge in [-0.25, -0.2) is 0 Å². The Kier molecular flexibility index (Phi) is 5.73. The zero-order chi connectivity index (χ0) is 15.1. The van der Waals surface area contributed by atoms with E-state index in [1.165, 1.54) is 6.92 Å². The van der Waals surface area contributed by atoms with Crippen LogP contribution >= 0.6 is 0 Å². The molecule has 5 heteroatoms. The van der Waals surface area contributed by atoms with E-state index in [1.807, 2.05) is 13.8 Å². The topological polar surface area (TPSA) is 82.0 Å². The first kappa shape index (κ1) is 15.7. The summed E-state index contributed by atoms with van der Waals surface area (Å²) in [5.74, 6) is -0.483. The van der Waals surface area contributed by atoms with Crippen molar-refractivity contribution in [3.63, 3.8) is 0 Å². The number of nitrogens with one attached hydrogen (secondary N) is 2. The molecule has 2 N–H and O–H groups in total. The monoisotopic (exact) mass is 273 g/mol. The van der Waals surface area contributed by atoms with E-state index >= 15 is 0 Å². The molecule has 0 saturated heterocycles. The van der Waals surface area contributed by atoms with Gasteiger partial charge in [0, 0.05) is 12.6 Å². The molecule has 5 nitrogen and oxygen atoms in total. The lowest BCUT2D eigenvalue weighted by atomic mass is 10.0. The van der Waals surface area contributed by atoms with Crippen LogP contribution in [0, 0.1) is 17.2 Å². The third kappa shape index (κ3) is 4.73. The van der Waals surface area contributed by atoms with Crippen molar-refractivity contribution < 1.29 is 9.59 Å². The second-order valence-corrected chi connectivity index (χ2v) is 4.94. The van der Waals surface area contributed by atoms with Crippen molar-refractivity contribution in [2.24, 2.45) is 5.92 Å². The largest absolute Gasteiger partial charge is 0.344 e. The lowest BCUT2D eigenvalue weighted by Gasteiger charge is -2.20. The second kappa shape index (κ2) is 7.29. The standard InChI is InChI=1S/C15H19N3O2/c1-10(2)14(17-11(3)19)15(20)18-13-6-4-12(5-7-13)8-9-16/h4-7,10,14H,8H2,1-3H3,(H,17,19)(H,18,20)/t14-/m0/s1. The number of nitrogens with zero attached hydrogens (tertiary/aromatic N) is 1. The predicted octanol–water partition coefficient (Wildman–Crippen LogP) is 1.85. The minimum absolute atomic E-state index is 0.00300. The van der Waals surface area contributed by atoms with Gasteiger partial charge >= 0.3 is 0 Å². The van der Waals surface area contributed by atoms with Gasteiger partial charge in [-0.05, 0) is 23.6 Å². The molecule has 0 aliphatic carbocycles. The molecule has 0 saturated carbocycles. The molecule has 2 amide bonds. The first-order valence-corrected chi connectivity index (χ1v) is 6.48. The first-order valence-electron chi connectivity index (χ1n) is 6.48. The van der Waals surface area contributed by atoms with Crippen molar-refractivity contribution in [1.29, 1.82) is 5.26 Å². The van der Waals surface area contributed by atoms with Crippen LogP contribution in [-0.4, -0.2) is 17.9 Å². The number of amides is 2. The van der Waals surface area contributed by atoms with Crippen LogP contribution in [-0.2, 0) is 16.0 Å². The van der Waals surface area contributed by atoms with E-state index in [9.17, 15) is 9.59 Å². The number of hydrogen-bond donors (Lipinski definition) is 2. The third-order valence-electron chi connectivity index (χ3n) is 2.81. The minimum Gasteiger partial charge on any atom is -0.344 e. The number of anilines is 1. The summed E-state index contributed by atoms with van der Waals surface area (Å²) in [5, 5.41) is 14.0. The molecule has 1 aromatic carbocycles. The Balaban J connectivity index is 2.72. The Hall–Kier alpha value is -2.35. The highest BCUT2D eigenvalue weighted by atomic mass is 16.2. The average Bonchev–Trinajstić information content (AvgIpc) is 2.38. The number of hydrogen-bond acceptors (Lipinski definition) is 3. The highest BCUT2D eigenvalue weighted by Gasteiger charge is 2.22. The molecule has 0 radical (unpaired) electrons. The summed E-state index contributed by atoms with van der Waals surface area (Å²) >= 11 is 0. The Morgan fingerprint density at radius 2 is 1.85 bits per heavy atom. The molecule has 0 aliphatic heterocycles. The van der Waals surface area contributed by atoms with Crippen LogP contribution in [0.4, 0.5) is 5.69 Å². The fraction of sp³-hybridized carbons (Fsp3) is 0.400. The molecule has 0 aromatic heterocycles. The van der Waals surface area contributed by atoms with Crippen LogP contribution in [0.25, 0.3) is 0 Å². The van der Waals surface area contributed by atoms with E-state index < -0.39 is 6.04 Å². The van der Waals surface area contributed by atoms with Gasteiger partial charge < -0.3 is 10.6 Å². The molecular formula is C15H19N3O2. The van der Waals surface area contributed by atoms with Crippen LogP contribution in [0.15, 0.2) is 24.3 Å². The van der Waals surface area contributed by atoms with Crippen molar-refractivity contribution in [2.45, 2.75) is 33.2 Å². The quantitative estimate of drug-likeness (QED) is 0.859. The minimum atomic E-state index is -0.564. The van der Waals surface area contributed by atoms with Gasteiger partial charge in [-0.1, -0.05) is 26.0 Å². The van der Waals surface area contributed by atoms with Gasteiger partial charge in [-0.15, -0.1) is 0 Å². The zero-order valence-electron chi connectivity index (χ0n) is 11.9. The molecule has 0 unspecified atom stereocenters. The molecular weight excluding hydrogens is 254 g/mol. The van der Waals surface area contributed by atoms with Crippen molar-refractivity contribution in [3.8, 4) is 6.07 Å². The van der Waals surface area contributed by atoms with Crippen LogP contribution in [0.2, 0.25) is 0 Å². The number of nitriles is 1. The molecule has 20 heavy (non-hydrogen) atoms. The van der Waals surface area contributed by atoms with Gasteiger partial charge in [0.1, 0.15) is 6.04 Å². The van der Waals surface area contributed by atoms with Gasteiger partial charge in [0.15, 0.2) is 0 Å². The van der Waals surface area contributed by atoms with Gasteiger partial charge in [-0.2, -0.15) is 5.26 Å². The highest BCUT2D eigenvalue weighted by molar-refractivity contribution is 5.97. The van der Waals surface area contributed by atoms with E-state index in [1.54, 1.807) is 24.3 Å². The van der Waals surface area contributed by atoms with E-state index in [2.05, 4.69) is 16.7 Å². The van der Waals surface area contributed by atoms with Crippen molar-refractivity contribution in [2.75, 3.05) is 5.32 Å². The maximum absolute atomic E-state index is 12.1. The summed E-state index contributed by atoms with van der Waals surface area (Å²) in [7, 11) is 0. The van der Waals surface area contributed by atoms with Gasteiger partial charge in [-0.3, -0.25) is 9.59 Å². The summed E-state index contributed by atoms with van der Waals surface area (Å²) < 4.78 is 0. The normalized spacial score (nSPS) is 11.6. The SMILES string of the molecule is CC(=O)N[C@H](C(=O)Nc1ccc(CC#N)cc1)C(C)C. The predicted molar refractivity (Wildman–Crippen MR) is 76.8 cm³/mol. The Labute approximate surface area is 119 Å². The average molecular weight is 273 g/mol. The molecule has 1 atom stereocenters. The fourth-order valence-electron chi connectivity index (χ4n) is 1.77. The molecule has 0 heterocycles. The van der Waals surface area contributed by atoms with E-state index in [0.29, 0.717) is 12.1 Å². The van der Waals surface area contributed by atoms with E-state index in [-0.39, 0.29) is 17.7 Å². The van der Waals surface area contributed by atoms with Crippen LogP contribution in [0.5, 0.6) is 0 Å². The van der Waals surface area contributed by atoms with Gasteiger partial charge in [0.25, 0.3) is 0 Å². The van der Waals surface area contributed by atoms with Crippen LogP contribution in [0.1, 0.15) is 26.3 Å². The molecule has 0 aliphatic rings. The molecule has 106 valence electrons. The van der Waals surface area contributed by atoms with E-state index in [4.69, 9.17) is 5.26 Å². The number of carbonyl (C=O) groups excluding carboxylic acids is 2. The zero-order valence-corrected chi connectivity index (χ0v) is 11.9. The molecule has 1 aromatic rings. The lowest BCUT2D eigenvalue weighted by Crippen LogP contribution is -2.46. The van der Waals surface area contributed by atoms with Crippen molar-refractivity contribution >= 4 is 17.5 Å². The second-order valence-electron chi connectivity index (χ2n) is 4.94. The molecule has 0 fully saturated rings. The summed E-state index contributed by atoms with van der Waals surface area (Å²) in [6.45, 7) is 5.13. The summed E-state index contributed by atoms with van der Waals surface area (Å²) in [6, 6.07) is 8.58. The summed E-state index contributed by atoms with van der Waals surface area (Å²) in [6.07, 6.45) is 0.342. The fourth-order valence-corrected chi connectivity index (χ4v) is 1.77. The first-order chi connectivity index (χ1) is 9.43. The number of carbonyl (C=O) groups is 2. The molecule has 1 rings (SSSR count). The Bertz CT molecular complexity index is 515. The summed E-state index contributed by atoms with van der Waals surface area (Å²) in [5.41, 5.74) is 1.54. The van der Waals surface area contributed by atoms with Gasteiger partial charge in [0.05, 0.1) is 12.5 Å². The molecule has 0 bridgehead atoms. The lowest BCUT2D eigenvalue weighted by molar-refractivity contribution is -0.126. The van der Waals surface area contributed by atoms with E-state index in [0.717, 1.165) is 5.56 Å². The number of rotatable bonds is 5. The Morgan fingerprint density at radius 3 is 2.30 bits per heavy atom. The maximum atomic E-state index is 12.1. The van der Waals surface area contributed by atoms with Gasteiger partial charge in [0.2, 0.25) is 11.8 Å². The summed E-state index contributed by atoms with van der Waals surface area (Å²) in [4.78, 5) is 23.2. The van der Waals surface area contributed by atoms with Crippen molar-refractivity contribution in [3.05, 3.63) is 29.8 Å². The van der Waals surface area contributed by atoms with Crippen LogP contribution in [0.3, 0.4) is 0 Å². The van der Waals surface area contributed by atoms with Crippen LogP contribution < -0.4 is 10.6 Å². The maximum Gasteiger partial charge on any atom is 0.247 e. The highest BCUT2D eigenvalue weighted by Crippen LogP contribution is 2.12. The third-order valence-corrected chi connectivity index (χ3v) is 2.81.